The Morgan fingerprint density at radius 2 is 2.43 bits per heavy atom. The molecule has 0 saturated heterocycles. The zero-order valence-electron chi connectivity index (χ0n) is 7.32. The summed E-state index contributed by atoms with van der Waals surface area (Å²) in [6.45, 7) is 0.877. The van der Waals surface area contributed by atoms with Crippen molar-refractivity contribution >= 4 is 11.8 Å². The zero-order valence-corrected chi connectivity index (χ0v) is 7.32. The van der Waals surface area contributed by atoms with Crippen molar-refractivity contribution in [3.05, 3.63) is 17.8 Å². The van der Waals surface area contributed by atoms with E-state index in [4.69, 9.17) is 5.11 Å². The van der Waals surface area contributed by atoms with E-state index in [0.717, 1.165) is 6.33 Å². The van der Waals surface area contributed by atoms with E-state index in [2.05, 4.69) is 20.3 Å². The summed E-state index contributed by atoms with van der Waals surface area (Å²) < 4.78 is 13.1. The van der Waals surface area contributed by atoms with Crippen molar-refractivity contribution in [3.63, 3.8) is 0 Å². The number of aryl methyl sites for hydroxylation is 1. The van der Waals surface area contributed by atoms with Gasteiger partial charge in [0.2, 0.25) is 0 Å². The molecule has 1 aromatic heterocycles. The van der Waals surface area contributed by atoms with Crippen LogP contribution in [-0.2, 0) is 9.63 Å². The van der Waals surface area contributed by atoms with Crippen molar-refractivity contribution in [3.8, 4) is 0 Å². The van der Waals surface area contributed by atoms with E-state index >= 15 is 0 Å². The number of aliphatic carboxylic acids is 1. The molecule has 0 aromatic carbocycles. The number of carboxylic acid groups (broad SMARTS) is 1. The van der Waals surface area contributed by atoms with E-state index < -0.39 is 18.4 Å². The fraction of sp³-hybridized carbons (Fsp3) is 0.286. The number of anilines is 1. The lowest BCUT2D eigenvalue weighted by atomic mass is 10.4. The molecule has 0 bridgehead atoms. The van der Waals surface area contributed by atoms with Crippen molar-refractivity contribution in [2.24, 2.45) is 0 Å². The summed E-state index contributed by atoms with van der Waals surface area (Å²) in [5.74, 6) is -2.01. The molecule has 1 aromatic rings. The molecule has 0 unspecified atom stereocenters. The Labute approximate surface area is 78.7 Å². The van der Waals surface area contributed by atoms with Crippen LogP contribution >= 0.6 is 0 Å². The number of hydrogen-bond donors (Lipinski definition) is 2. The topological polar surface area (TPSA) is 84.3 Å². The largest absolute Gasteiger partial charge is 0.479 e. The Bertz CT molecular complexity index is 345. The second-order valence-electron chi connectivity index (χ2n) is 2.41. The lowest BCUT2D eigenvalue weighted by Crippen LogP contribution is -2.13. The molecule has 1 rings (SSSR count). The number of hydrogen-bond acceptors (Lipinski definition) is 5. The van der Waals surface area contributed by atoms with Crippen LogP contribution in [0.1, 0.15) is 5.69 Å². The highest BCUT2D eigenvalue weighted by molar-refractivity contribution is 5.68. The fourth-order valence-electron chi connectivity index (χ4n) is 0.695. The molecule has 0 aliphatic carbocycles. The first-order valence-corrected chi connectivity index (χ1v) is 3.68. The number of carbonyl (C=O) groups is 1. The second-order valence-corrected chi connectivity index (χ2v) is 2.41. The molecular weight excluding hydrogens is 193 g/mol. The molecule has 0 aliphatic heterocycles. The Balaban J connectivity index is 2.59. The molecule has 0 saturated carbocycles. The molecule has 7 heteroatoms. The van der Waals surface area contributed by atoms with E-state index in [1.54, 1.807) is 0 Å². The number of nitrogens with one attached hydrogen (secondary N) is 1. The number of carboxylic acids is 1. The maximum Gasteiger partial charge on any atom is 0.332 e. The minimum Gasteiger partial charge on any atom is -0.479 e. The highest BCUT2D eigenvalue weighted by Gasteiger charge is 2.07. The third-order valence-electron chi connectivity index (χ3n) is 1.33. The van der Waals surface area contributed by atoms with E-state index in [-0.39, 0.29) is 11.5 Å². The summed E-state index contributed by atoms with van der Waals surface area (Å²) >= 11 is 0. The van der Waals surface area contributed by atoms with Gasteiger partial charge in [0, 0.05) is 0 Å². The summed E-state index contributed by atoms with van der Waals surface area (Å²) in [4.78, 5) is 21.6. The summed E-state index contributed by atoms with van der Waals surface area (Å²) in [7, 11) is 0. The lowest BCUT2D eigenvalue weighted by molar-refractivity contribution is -0.141. The SMILES string of the molecule is Cc1ncnc(NOCC(=O)O)c1F. The van der Waals surface area contributed by atoms with Crippen LogP contribution in [0.2, 0.25) is 0 Å². The van der Waals surface area contributed by atoms with Crippen molar-refractivity contribution < 1.29 is 19.1 Å². The van der Waals surface area contributed by atoms with Crippen LogP contribution in [0.5, 0.6) is 0 Å². The minimum atomic E-state index is -1.16. The highest BCUT2D eigenvalue weighted by Crippen LogP contribution is 2.10. The van der Waals surface area contributed by atoms with Gasteiger partial charge in [-0.15, -0.1) is 0 Å². The van der Waals surface area contributed by atoms with Gasteiger partial charge in [-0.1, -0.05) is 0 Å². The van der Waals surface area contributed by atoms with Crippen molar-refractivity contribution in [1.29, 1.82) is 0 Å². The quantitative estimate of drug-likeness (QED) is 0.684. The van der Waals surface area contributed by atoms with Gasteiger partial charge in [0.1, 0.15) is 6.33 Å². The molecule has 14 heavy (non-hydrogen) atoms. The Kier molecular flexibility index (Phi) is 3.29. The second kappa shape index (κ2) is 4.47. The van der Waals surface area contributed by atoms with Crippen molar-refractivity contribution in [2.45, 2.75) is 6.92 Å². The van der Waals surface area contributed by atoms with Crippen LogP contribution in [0.15, 0.2) is 6.33 Å². The van der Waals surface area contributed by atoms with Crippen LogP contribution in [0, 0.1) is 12.7 Å². The third kappa shape index (κ3) is 2.63. The summed E-state index contributed by atoms with van der Waals surface area (Å²) in [5.41, 5.74) is 2.23. The van der Waals surface area contributed by atoms with Crippen LogP contribution < -0.4 is 5.48 Å². The zero-order chi connectivity index (χ0) is 10.6. The molecule has 1 heterocycles. The predicted octanol–water partition coefficient (Wildman–Crippen LogP) is 0.352. The van der Waals surface area contributed by atoms with E-state index in [1.807, 2.05) is 0 Å². The van der Waals surface area contributed by atoms with Gasteiger partial charge in [-0.3, -0.25) is 4.84 Å². The van der Waals surface area contributed by atoms with Gasteiger partial charge in [0.25, 0.3) is 0 Å². The molecule has 0 atom stereocenters. The molecule has 0 amide bonds. The fourth-order valence-corrected chi connectivity index (χ4v) is 0.695. The van der Waals surface area contributed by atoms with E-state index in [9.17, 15) is 9.18 Å². The molecule has 0 aliphatic rings. The molecule has 0 radical (unpaired) electrons. The molecule has 0 spiro atoms. The number of halogens is 1. The van der Waals surface area contributed by atoms with Crippen LogP contribution in [0.3, 0.4) is 0 Å². The van der Waals surface area contributed by atoms with Gasteiger partial charge in [0.15, 0.2) is 18.2 Å². The Hall–Kier alpha value is -1.76. The van der Waals surface area contributed by atoms with E-state index in [0.29, 0.717) is 0 Å². The third-order valence-corrected chi connectivity index (χ3v) is 1.33. The van der Waals surface area contributed by atoms with Gasteiger partial charge in [0.05, 0.1) is 5.69 Å². The first kappa shape index (κ1) is 10.3. The van der Waals surface area contributed by atoms with Crippen molar-refractivity contribution in [1.82, 2.24) is 9.97 Å². The molecule has 0 fully saturated rings. The maximum absolute atomic E-state index is 13.1. The normalized spacial score (nSPS) is 9.86. The van der Waals surface area contributed by atoms with Crippen LogP contribution in [0.4, 0.5) is 10.2 Å². The Morgan fingerprint density at radius 1 is 1.71 bits per heavy atom. The average Bonchev–Trinajstić information content (AvgIpc) is 2.12. The molecule has 76 valence electrons. The van der Waals surface area contributed by atoms with Gasteiger partial charge < -0.3 is 5.11 Å². The first-order valence-electron chi connectivity index (χ1n) is 3.68. The van der Waals surface area contributed by atoms with Gasteiger partial charge in [-0.05, 0) is 6.92 Å². The van der Waals surface area contributed by atoms with Crippen molar-refractivity contribution in [2.75, 3.05) is 12.1 Å². The number of aromatic nitrogens is 2. The van der Waals surface area contributed by atoms with Crippen LogP contribution in [0.25, 0.3) is 0 Å². The molecule has 6 nitrogen and oxygen atoms in total. The Morgan fingerprint density at radius 3 is 3.07 bits per heavy atom. The van der Waals surface area contributed by atoms with Gasteiger partial charge >= 0.3 is 5.97 Å². The van der Waals surface area contributed by atoms with Gasteiger partial charge in [-0.25, -0.2) is 24.6 Å². The highest BCUT2D eigenvalue weighted by atomic mass is 19.1. The van der Waals surface area contributed by atoms with E-state index in [1.165, 1.54) is 6.92 Å². The summed E-state index contributed by atoms with van der Waals surface area (Å²) in [6, 6.07) is 0. The lowest BCUT2D eigenvalue weighted by Gasteiger charge is -2.05. The standard InChI is InChI=1S/C7H8FN3O3/c1-4-6(8)7(10-3-9-4)11-14-2-5(12)13/h3H,2H2,1H3,(H,12,13)(H,9,10,11). The monoisotopic (exact) mass is 201 g/mol. The molecular formula is C7H8FN3O3. The number of nitrogens with zero attached hydrogens (tertiary/aromatic N) is 2. The summed E-state index contributed by atoms with van der Waals surface area (Å²) in [5, 5.41) is 8.22. The smallest absolute Gasteiger partial charge is 0.332 e. The first-order chi connectivity index (χ1) is 6.61. The predicted molar refractivity (Wildman–Crippen MR) is 43.9 cm³/mol. The minimum absolute atomic E-state index is 0.154. The average molecular weight is 201 g/mol. The number of rotatable bonds is 4. The maximum atomic E-state index is 13.1. The van der Waals surface area contributed by atoms with Gasteiger partial charge in [-0.2, -0.15) is 0 Å². The summed E-state index contributed by atoms with van der Waals surface area (Å²) in [6.07, 6.45) is 1.14. The molecule has 2 N–H and O–H groups in total. The van der Waals surface area contributed by atoms with Crippen LogP contribution in [-0.4, -0.2) is 27.7 Å².